The van der Waals surface area contributed by atoms with Crippen molar-refractivity contribution in [3.63, 3.8) is 0 Å². The van der Waals surface area contributed by atoms with Gasteiger partial charge in [0.25, 0.3) is 17.5 Å². The molecule has 0 saturated heterocycles. The molecule has 2 N–H and O–H groups in total. The summed E-state index contributed by atoms with van der Waals surface area (Å²) in [5, 5.41) is 20.8. The number of halogens is 3. The van der Waals surface area contributed by atoms with E-state index in [0.717, 1.165) is 6.07 Å². The van der Waals surface area contributed by atoms with Crippen molar-refractivity contribution in [1.82, 2.24) is 5.32 Å². The van der Waals surface area contributed by atoms with Crippen LogP contribution in [0.1, 0.15) is 10.4 Å². The summed E-state index contributed by atoms with van der Waals surface area (Å²) in [5.41, 5.74) is -0.372. The normalized spacial score (nSPS) is 11.2. The number of nitro groups is 1. The Kier molecular flexibility index (Phi) is 5.11. The van der Waals surface area contributed by atoms with Gasteiger partial charge in [0.2, 0.25) is 0 Å². The summed E-state index contributed by atoms with van der Waals surface area (Å²) in [4.78, 5) is 21.5. The summed E-state index contributed by atoms with van der Waals surface area (Å²) in [7, 11) is 0. The van der Waals surface area contributed by atoms with Gasteiger partial charge >= 0.3 is 0 Å². The van der Waals surface area contributed by atoms with Gasteiger partial charge in [0.1, 0.15) is 6.61 Å². The van der Waals surface area contributed by atoms with Crippen LogP contribution in [0, 0.1) is 13.7 Å². The topological polar surface area (TPSA) is 92.5 Å². The maximum Gasteiger partial charge on any atom is 0.287 e. The molecule has 0 unspecified atom stereocenters. The maximum absolute atomic E-state index is 12.8. The first-order valence-electron chi connectivity index (χ1n) is 4.97. The average molecular weight is 386 g/mol. The van der Waals surface area contributed by atoms with Crippen LogP contribution in [-0.2, 0) is 0 Å². The van der Waals surface area contributed by atoms with E-state index in [-0.39, 0.29) is 11.3 Å². The molecule has 0 atom stereocenters. The standard InChI is InChI=1S/C10H9F2IN2O4/c11-10(12,5-16)4-14-9(17)7-3-6(15(18)19)1-2-8(7)13/h1-3,16H,4-5H2,(H,14,17). The van der Waals surface area contributed by atoms with Crippen LogP contribution in [0.25, 0.3) is 0 Å². The van der Waals surface area contributed by atoms with E-state index in [2.05, 4.69) is 0 Å². The van der Waals surface area contributed by atoms with Gasteiger partial charge in [0.15, 0.2) is 0 Å². The molecule has 0 aliphatic heterocycles. The van der Waals surface area contributed by atoms with Crippen molar-refractivity contribution in [2.24, 2.45) is 0 Å². The number of nitrogens with one attached hydrogen (secondary N) is 1. The van der Waals surface area contributed by atoms with Crippen LogP contribution < -0.4 is 5.32 Å². The molecule has 0 fully saturated rings. The highest BCUT2D eigenvalue weighted by Crippen LogP contribution is 2.20. The molecule has 0 heterocycles. The smallest absolute Gasteiger partial charge is 0.287 e. The highest BCUT2D eigenvalue weighted by atomic mass is 127. The quantitative estimate of drug-likeness (QED) is 0.457. The van der Waals surface area contributed by atoms with Crippen LogP contribution in [0.5, 0.6) is 0 Å². The Labute approximate surface area is 120 Å². The molecule has 0 spiro atoms. The Hall–Kier alpha value is -1.36. The van der Waals surface area contributed by atoms with Crippen LogP contribution >= 0.6 is 22.6 Å². The van der Waals surface area contributed by atoms with Crippen LogP contribution in [0.4, 0.5) is 14.5 Å². The third-order valence-electron chi connectivity index (χ3n) is 2.14. The molecule has 0 aliphatic rings. The second-order valence-electron chi connectivity index (χ2n) is 3.62. The molecule has 1 aromatic carbocycles. The van der Waals surface area contributed by atoms with Crippen molar-refractivity contribution in [2.45, 2.75) is 5.92 Å². The molecule has 1 amide bonds. The Morgan fingerprint density at radius 3 is 2.68 bits per heavy atom. The number of benzene rings is 1. The van der Waals surface area contributed by atoms with Gasteiger partial charge in [-0.25, -0.2) is 8.78 Å². The van der Waals surface area contributed by atoms with Crippen molar-refractivity contribution < 1.29 is 23.6 Å². The molecule has 104 valence electrons. The van der Waals surface area contributed by atoms with Crippen molar-refractivity contribution >= 4 is 34.2 Å². The molecule has 0 radical (unpaired) electrons. The summed E-state index contributed by atoms with van der Waals surface area (Å²) >= 11 is 1.77. The van der Waals surface area contributed by atoms with Gasteiger partial charge in [-0.1, -0.05) is 0 Å². The number of hydrogen-bond donors (Lipinski definition) is 2. The van der Waals surface area contributed by atoms with Crippen molar-refractivity contribution in [3.05, 3.63) is 37.4 Å². The molecule has 19 heavy (non-hydrogen) atoms. The molecule has 0 aromatic heterocycles. The van der Waals surface area contributed by atoms with Gasteiger partial charge in [0.05, 0.1) is 17.0 Å². The number of aliphatic hydroxyl groups is 1. The molecule has 0 bridgehead atoms. The third-order valence-corrected chi connectivity index (χ3v) is 3.08. The van der Waals surface area contributed by atoms with Crippen LogP contribution in [0.2, 0.25) is 0 Å². The fraction of sp³-hybridized carbons (Fsp3) is 0.300. The van der Waals surface area contributed by atoms with Crippen molar-refractivity contribution in [2.75, 3.05) is 13.2 Å². The fourth-order valence-corrected chi connectivity index (χ4v) is 1.74. The largest absolute Gasteiger partial charge is 0.390 e. The molecular formula is C10H9F2IN2O4. The summed E-state index contributed by atoms with van der Waals surface area (Å²) in [5.74, 6) is -4.29. The first kappa shape index (κ1) is 15.7. The number of nitro benzene ring substituents is 1. The number of nitrogens with zero attached hydrogens (tertiary/aromatic N) is 1. The van der Waals surface area contributed by atoms with Gasteiger partial charge < -0.3 is 10.4 Å². The zero-order chi connectivity index (χ0) is 14.6. The number of non-ortho nitro benzene ring substituents is 1. The first-order chi connectivity index (χ1) is 8.76. The lowest BCUT2D eigenvalue weighted by atomic mass is 10.2. The lowest BCUT2D eigenvalue weighted by Gasteiger charge is -2.14. The summed E-state index contributed by atoms with van der Waals surface area (Å²) in [6, 6.07) is 3.56. The summed E-state index contributed by atoms with van der Waals surface area (Å²) < 4.78 is 25.9. The molecular weight excluding hydrogens is 377 g/mol. The van der Waals surface area contributed by atoms with E-state index in [1.807, 2.05) is 5.32 Å². The predicted molar refractivity (Wildman–Crippen MR) is 70.2 cm³/mol. The minimum Gasteiger partial charge on any atom is -0.390 e. The third kappa shape index (κ3) is 4.35. The molecule has 1 rings (SSSR count). The number of hydrogen-bond acceptors (Lipinski definition) is 4. The minimum atomic E-state index is -3.43. The van der Waals surface area contributed by atoms with E-state index in [4.69, 9.17) is 5.11 Å². The van der Waals surface area contributed by atoms with E-state index < -0.39 is 29.9 Å². The SMILES string of the molecule is O=C(NCC(F)(F)CO)c1cc([N+](=O)[O-])ccc1I. The Bertz CT molecular complexity index is 510. The van der Waals surface area contributed by atoms with Gasteiger partial charge in [0, 0.05) is 15.7 Å². The number of alkyl halides is 2. The van der Waals surface area contributed by atoms with Gasteiger partial charge in [-0.15, -0.1) is 0 Å². The van der Waals surface area contributed by atoms with Gasteiger partial charge in [-0.05, 0) is 28.7 Å². The highest BCUT2D eigenvalue weighted by Gasteiger charge is 2.28. The van der Waals surface area contributed by atoms with Crippen LogP contribution in [0.3, 0.4) is 0 Å². The van der Waals surface area contributed by atoms with Crippen molar-refractivity contribution in [3.8, 4) is 0 Å². The van der Waals surface area contributed by atoms with Gasteiger partial charge in [-0.3, -0.25) is 14.9 Å². The number of amides is 1. The number of aliphatic hydroxyl groups excluding tert-OH is 1. The van der Waals surface area contributed by atoms with Crippen molar-refractivity contribution in [1.29, 1.82) is 0 Å². The highest BCUT2D eigenvalue weighted by molar-refractivity contribution is 14.1. The summed E-state index contributed by atoms with van der Waals surface area (Å²) in [6.07, 6.45) is 0. The first-order valence-corrected chi connectivity index (χ1v) is 6.05. The van der Waals surface area contributed by atoms with E-state index in [0.29, 0.717) is 3.57 Å². The molecule has 0 aliphatic carbocycles. The number of carbonyl (C=O) groups excluding carboxylic acids is 1. The molecule has 1 aromatic rings. The zero-order valence-electron chi connectivity index (χ0n) is 9.40. The Morgan fingerprint density at radius 2 is 2.16 bits per heavy atom. The van der Waals surface area contributed by atoms with E-state index in [9.17, 15) is 23.7 Å². The van der Waals surface area contributed by atoms with E-state index in [1.54, 1.807) is 22.6 Å². The molecule has 0 saturated carbocycles. The zero-order valence-corrected chi connectivity index (χ0v) is 11.6. The maximum atomic E-state index is 12.8. The van der Waals surface area contributed by atoms with Crippen LogP contribution in [0.15, 0.2) is 18.2 Å². The lowest BCUT2D eigenvalue weighted by molar-refractivity contribution is -0.384. The fourth-order valence-electron chi connectivity index (χ4n) is 1.16. The minimum absolute atomic E-state index is 0.0662. The van der Waals surface area contributed by atoms with E-state index >= 15 is 0 Å². The summed E-state index contributed by atoms with van der Waals surface area (Å²) in [6.45, 7) is -2.43. The van der Waals surface area contributed by atoms with Crippen LogP contribution in [-0.4, -0.2) is 35.0 Å². The lowest BCUT2D eigenvalue weighted by Crippen LogP contribution is -2.39. The monoisotopic (exact) mass is 386 g/mol. The number of carbonyl (C=O) groups is 1. The number of rotatable bonds is 5. The van der Waals surface area contributed by atoms with Gasteiger partial charge in [-0.2, -0.15) is 0 Å². The Balaban J connectivity index is 2.88. The molecule has 6 nitrogen and oxygen atoms in total. The van der Waals surface area contributed by atoms with E-state index in [1.165, 1.54) is 12.1 Å². The second-order valence-corrected chi connectivity index (χ2v) is 4.78. The molecule has 9 heteroatoms. The second kappa shape index (κ2) is 6.19. The Morgan fingerprint density at radius 1 is 1.53 bits per heavy atom. The average Bonchev–Trinajstić information content (AvgIpc) is 2.36. The predicted octanol–water partition coefficient (Wildman–Crippen LogP) is 1.56.